The zero-order valence-electron chi connectivity index (χ0n) is 12.5. The fourth-order valence-electron chi connectivity index (χ4n) is 1.96. The second-order valence-corrected chi connectivity index (χ2v) is 4.78. The van der Waals surface area contributed by atoms with Crippen LogP contribution in [-0.2, 0) is 6.42 Å². The molecule has 0 heterocycles. The Morgan fingerprint density at radius 3 is 2.46 bits per heavy atom. The van der Waals surface area contributed by atoms with Crippen molar-refractivity contribution in [2.75, 3.05) is 11.9 Å². The van der Waals surface area contributed by atoms with Gasteiger partial charge in [0.1, 0.15) is 5.82 Å². The van der Waals surface area contributed by atoms with E-state index in [1.54, 1.807) is 18.2 Å². The van der Waals surface area contributed by atoms with Gasteiger partial charge in [-0.05, 0) is 30.2 Å². The minimum atomic E-state index is -4.81. The minimum absolute atomic E-state index is 0.0296. The van der Waals surface area contributed by atoms with Gasteiger partial charge in [-0.1, -0.05) is 30.3 Å². The molecule has 8 heteroatoms. The van der Waals surface area contributed by atoms with Crippen molar-refractivity contribution in [3.63, 3.8) is 0 Å². The quantitative estimate of drug-likeness (QED) is 0.495. The van der Waals surface area contributed by atoms with E-state index in [9.17, 15) is 17.6 Å². The Morgan fingerprint density at radius 2 is 1.75 bits per heavy atom. The van der Waals surface area contributed by atoms with Gasteiger partial charge in [0.25, 0.3) is 0 Å². The number of nitrogens with one attached hydrogen (secondary N) is 1. The maximum atomic E-state index is 13.5. The Morgan fingerprint density at radius 1 is 1.08 bits per heavy atom. The van der Waals surface area contributed by atoms with Crippen molar-refractivity contribution < 1.29 is 22.3 Å². The Kier molecular flexibility index (Phi) is 5.62. The standard InChI is InChI=1S/C16H15F4N3O/c17-12-6-2-1-5-11(12)9-10-22-15(21)23-13-7-3-4-8-14(13)24-16(18,19)20/h1-8H,9-10H2,(H3,21,22,23). The van der Waals surface area contributed by atoms with Gasteiger partial charge in [-0.25, -0.2) is 4.39 Å². The van der Waals surface area contributed by atoms with Gasteiger partial charge in [0.05, 0.1) is 5.69 Å². The molecule has 0 spiro atoms. The average molecular weight is 341 g/mol. The summed E-state index contributed by atoms with van der Waals surface area (Å²) in [4.78, 5) is 3.97. The highest BCUT2D eigenvalue weighted by atomic mass is 19.4. The summed E-state index contributed by atoms with van der Waals surface area (Å²) in [7, 11) is 0. The van der Waals surface area contributed by atoms with Gasteiger partial charge in [-0.3, -0.25) is 4.99 Å². The number of aliphatic imine (C=N–C) groups is 1. The highest BCUT2D eigenvalue weighted by molar-refractivity contribution is 5.93. The molecule has 4 nitrogen and oxygen atoms in total. The molecule has 0 radical (unpaired) electrons. The molecule has 0 unspecified atom stereocenters. The number of benzene rings is 2. The zero-order chi connectivity index (χ0) is 17.6. The number of guanidine groups is 1. The number of ether oxygens (including phenoxy) is 1. The number of para-hydroxylation sites is 2. The third kappa shape index (κ3) is 5.45. The van der Waals surface area contributed by atoms with Crippen molar-refractivity contribution in [2.24, 2.45) is 10.7 Å². The normalized spacial score (nSPS) is 12.1. The number of nitrogens with two attached hydrogens (primary N) is 1. The van der Waals surface area contributed by atoms with E-state index in [1.165, 1.54) is 24.3 Å². The molecule has 0 saturated heterocycles. The van der Waals surface area contributed by atoms with Crippen LogP contribution in [0.2, 0.25) is 0 Å². The highest BCUT2D eigenvalue weighted by Gasteiger charge is 2.32. The van der Waals surface area contributed by atoms with E-state index in [2.05, 4.69) is 15.0 Å². The van der Waals surface area contributed by atoms with Crippen LogP contribution in [0.1, 0.15) is 5.56 Å². The van der Waals surface area contributed by atoms with Crippen LogP contribution in [0, 0.1) is 5.82 Å². The van der Waals surface area contributed by atoms with Crippen LogP contribution in [0.4, 0.5) is 23.2 Å². The smallest absolute Gasteiger partial charge is 0.404 e. The number of hydrogen-bond acceptors (Lipinski definition) is 2. The first-order valence-corrected chi connectivity index (χ1v) is 7.00. The van der Waals surface area contributed by atoms with Gasteiger partial charge in [0.15, 0.2) is 11.7 Å². The first-order valence-electron chi connectivity index (χ1n) is 7.00. The van der Waals surface area contributed by atoms with Crippen molar-refractivity contribution in [3.8, 4) is 5.75 Å². The largest absolute Gasteiger partial charge is 0.573 e. The van der Waals surface area contributed by atoms with Crippen molar-refractivity contribution >= 4 is 11.6 Å². The number of anilines is 1. The molecule has 0 atom stereocenters. The van der Waals surface area contributed by atoms with Gasteiger partial charge >= 0.3 is 6.36 Å². The first kappa shape index (κ1) is 17.6. The van der Waals surface area contributed by atoms with Crippen LogP contribution >= 0.6 is 0 Å². The Bertz CT molecular complexity index is 716. The van der Waals surface area contributed by atoms with Crippen molar-refractivity contribution in [2.45, 2.75) is 12.8 Å². The summed E-state index contributed by atoms with van der Waals surface area (Å²) in [5, 5.41) is 2.54. The maximum Gasteiger partial charge on any atom is 0.573 e. The zero-order valence-corrected chi connectivity index (χ0v) is 12.5. The first-order chi connectivity index (χ1) is 11.3. The van der Waals surface area contributed by atoms with Crippen molar-refractivity contribution in [1.29, 1.82) is 0 Å². The van der Waals surface area contributed by atoms with Gasteiger partial charge in [-0.15, -0.1) is 13.2 Å². The van der Waals surface area contributed by atoms with E-state index in [4.69, 9.17) is 5.73 Å². The molecule has 0 fully saturated rings. The van der Waals surface area contributed by atoms with Crippen LogP contribution in [0.3, 0.4) is 0 Å². The molecule has 24 heavy (non-hydrogen) atoms. The molecular formula is C16H15F4N3O. The maximum absolute atomic E-state index is 13.5. The van der Waals surface area contributed by atoms with E-state index >= 15 is 0 Å². The lowest BCUT2D eigenvalue weighted by molar-refractivity contribution is -0.274. The predicted molar refractivity (Wildman–Crippen MR) is 83.3 cm³/mol. The number of halogens is 4. The fourth-order valence-corrected chi connectivity index (χ4v) is 1.96. The van der Waals surface area contributed by atoms with Gasteiger partial charge in [0.2, 0.25) is 0 Å². The summed E-state index contributed by atoms with van der Waals surface area (Å²) in [6.45, 7) is 0.183. The summed E-state index contributed by atoms with van der Waals surface area (Å²) >= 11 is 0. The summed E-state index contributed by atoms with van der Waals surface area (Å²) in [6.07, 6.45) is -4.50. The summed E-state index contributed by atoms with van der Waals surface area (Å²) in [6, 6.07) is 11.7. The third-order valence-electron chi connectivity index (χ3n) is 3.00. The highest BCUT2D eigenvalue weighted by Crippen LogP contribution is 2.29. The lowest BCUT2D eigenvalue weighted by Crippen LogP contribution is -2.25. The van der Waals surface area contributed by atoms with Crippen LogP contribution in [0.25, 0.3) is 0 Å². The Labute approximate surface area is 136 Å². The lowest BCUT2D eigenvalue weighted by atomic mass is 10.1. The molecule has 2 aromatic carbocycles. The number of rotatable bonds is 5. The summed E-state index contributed by atoms with van der Waals surface area (Å²) in [5.41, 5.74) is 6.16. The fraction of sp³-hybridized carbons (Fsp3) is 0.188. The molecule has 0 amide bonds. The topological polar surface area (TPSA) is 59.6 Å². The summed E-state index contributed by atoms with van der Waals surface area (Å²) in [5.74, 6) is -0.857. The molecule has 0 aliphatic rings. The molecule has 2 rings (SSSR count). The molecule has 0 aliphatic heterocycles. The van der Waals surface area contributed by atoms with Gasteiger partial charge in [-0.2, -0.15) is 0 Å². The second-order valence-electron chi connectivity index (χ2n) is 4.78. The van der Waals surface area contributed by atoms with E-state index in [1.807, 2.05) is 0 Å². The Hall–Kier alpha value is -2.77. The van der Waals surface area contributed by atoms with E-state index in [-0.39, 0.29) is 24.0 Å². The monoisotopic (exact) mass is 341 g/mol. The molecule has 0 saturated carbocycles. The lowest BCUT2D eigenvalue weighted by Gasteiger charge is -2.14. The average Bonchev–Trinajstić information content (AvgIpc) is 2.50. The Balaban J connectivity index is 1.99. The molecular weight excluding hydrogens is 326 g/mol. The number of alkyl halides is 3. The van der Waals surface area contributed by atoms with Crippen molar-refractivity contribution in [1.82, 2.24) is 0 Å². The van der Waals surface area contributed by atoms with E-state index < -0.39 is 12.1 Å². The molecule has 2 aromatic rings. The van der Waals surface area contributed by atoms with Crippen LogP contribution in [0.5, 0.6) is 5.75 Å². The van der Waals surface area contributed by atoms with Crippen molar-refractivity contribution in [3.05, 3.63) is 59.9 Å². The number of nitrogens with zero attached hydrogens (tertiary/aromatic N) is 1. The molecule has 0 aromatic heterocycles. The van der Waals surface area contributed by atoms with Gasteiger partial charge < -0.3 is 15.8 Å². The molecule has 0 bridgehead atoms. The second kappa shape index (κ2) is 7.67. The molecule has 3 N–H and O–H groups in total. The predicted octanol–water partition coefficient (Wildman–Crippen LogP) is 3.69. The minimum Gasteiger partial charge on any atom is -0.404 e. The molecule has 128 valence electrons. The van der Waals surface area contributed by atoms with E-state index in [0.717, 1.165) is 6.07 Å². The molecule has 0 aliphatic carbocycles. The summed E-state index contributed by atoms with van der Waals surface area (Å²) < 4.78 is 54.4. The van der Waals surface area contributed by atoms with Crippen LogP contribution < -0.4 is 15.8 Å². The van der Waals surface area contributed by atoms with Crippen LogP contribution in [-0.4, -0.2) is 18.9 Å². The van der Waals surface area contributed by atoms with Crippen LogP contribution in [0.15, 0.2) is 53.5 Å². The third-order valence-corrected chi connectivity index (χ3v) is 3.00. The van der Waals surface area contributed by atoms with Gasteiger partial charge in [0, 0.05) is 6.54 Å². The van der Waals surface area contributed by atoms with E-state index in [0.29, 0.717) is 12.0 Å². The number of hydrogen-bond donors (Lipinski definition) is 2. The SMILES string of the molecule is NC(=NCCc1ccccc1F)Nc1ccccc1OC(F)(F)F.